The number of hydrogen-bond donors (Lipinski definition) is 2. The molecule has 0 aromatic heterocycles. The van der Waals surface area contributed by atoms with Crippen molar-refractivity contribution in [3.05, 3.63) is 34.9 Å². The Morgan fingerprint density at radius 2 is 2.05 bits per heavy atom. The van der Waals surface area contributed by atoms with E-state index in [2.05, 4.69) is 12.2 Å². The molecule has 1 amide bonds. The van der Waals surface area contributed by atoms with Gasteiger partial charge in [-0.15, -0.1) is 12.4 Å². The van der Waals surface area contributed by atoms with Crippen LogP contribution in [0.15, 0.2) is 24.3 Å². The van der Waals surface area contributed by atoms with Crippen LogP contribution < -0.4 is 11.1 Å². The molecule has 0 bridgehead atoms. The Morgan fingerprint density at radius 1 is 1.38 bits per heavy atom. The first kappa shape index (κ1) is 18.3. The van der Waals surface area contributed by atoms with Gasteiger partial charge in [-0.2, -0.15) is 0 Å². The fourth-order valence-electron chi connectivity index (χ4n) is 2.87. The van der Waals surface area contributed by atoms with E-state index in [9.17, 15) is 4.79 Å². The van der Waals surface area contributed by atoms with E-state index in [1.807, 2.05) is 24.3 Å². The molecule has 5 heteroatoms. The van der Waals surface area contributed by atoms with Crippen molar-refractivity contribution >= 4 is 29.9 Å². The van der Waals surface area contributed by atoms with Gasteiger partial charge in [-0.3, -0.25) is 4.79 Å². The number of carbonyl (C=O) groups excluding carboxylic acids is 1. The Bertz CT molecular complexity index is 450. The summed E-state index contributed by atoms with van der Waals surface area (Å²) in [6.07, 6.45) is 4.72. The maximum Gasteiger partial charge on any atom is 0.223 e. The molecule has 1 saturated carbocycles. The first-order valence-corrected chi connectivity index (χ1v) is 7.79. The third-order valence-electron chi connectivity index (χ3n) is 4.08. The lowest BCUT2D eigenvalue weighted by atomic mass is 9.85. The van der Waals surface area contributed by atoms with Gasteiger partial charge in [0.05, 0.1) is 6.04 Å². The summed E-state index contributed by atoms with van der Waals surface area (Å²) in [5.74, 6) is 0.210. The number of rotatable bonds is 4. The molecular weight excluding hydrogens is 307 g/mol. The second-order valence-electron chi connectivity index (χ2n) is 5.64. The van der Waals surface area contributed by atoms with E-state index in [0.717, 1.165) is 37.7 Å². The van der Waals surface area contributed by atoms with Crippen LogP contribution in [0.4, 0.5) is 0 Å². The van der Waals surface area contributed by atoms with Gasteiger partial charge in [0, 0.05) is 17.0 Å². The molecule has 1 aromatic carbocycles. The van der Waals surface area contributed by atoms with Gasteiger partial charge in [0.1, 0.15) is 0 Å². The van der Waals surface area contributed by atoms with Gasteiger partial charge in [-0.25, -0.2) is 0 Å². The van der Waals surface area contributed by atoms with Gasteiger partial charge in [0.2, 0.25) is 5.91 Å². The lowest BCUT2D eigenvalue weighted by Crippen LogP contribution is -2.39. The van der Waals surface area contributed by atoms with Crippen molar-refractivity contribution in [1.29, 1.82) is 0 Å². The maximum atomic E-state index is 12.4. The van der Waals surface area contributed by atoms with E-state index < -0.39 is 0 Å². The number of benzene rings is 1. The molecular formula is C16H24Cl2N2O. The quantitative estimate of drug-likeness (QED) is 0.880. The molecule has 118 valence electrons. The zero-order valence-electron chi connectivity index (χ0n) is 12.3. The number of carbonyl (C=O) groups is 1. The van der Waals surface area contributed by atoms with Crippen LogP contribution in [0, 0.1) is 5.92 Å². The predicted octanol–water partition coefficient (Wildman–Crippen LogP) is 3.85. The summed E-state index contributed by atoms with van der Waals surface area (Å²) >= 11 is 5.90. The first-order chi connectivity index (χ1) is 9.60. The summed E-state index contributed by atoms with van der Waals surface area (Å²) in [7, 11) is 0. The number of hydrogen-bond acceptors (Lipinski definition) is 2. The van der Waals surface area contributed by atoms with Crippen LogP contribution >= 0.6 is 24.0 Å². The van der Waals surface area contributed by atoms with Crippen LogP contribution in [0.25, 0.3) is 0 Å². The Kier molecular flexibility index (Phi) is 7.50. The van der Waals surface area contributed by atoms with E-state index in [4.69, 9.17) is 17.3 Å². The predicted molar refractivity (Wildman–Crippen MR) is 89.8 cm³/mol. The van der Waals surface area contributed by atoms with Gasteiger partial charge < -0.3 is 11.1 Å². The normalized spacial score (nSPS) is 23.0. The largest absolute Gasteiger partial charge is 0.349 e. The smallest absolute Gasteiger partial charge is 0.223 e. The Hall–Kier alpha value is -0.770. The molecule has 0 spiro atoms. The van der Waals surface area contributed by atoms with Crippen LogP contribution in [0.2, 0.25) is 5.02 Å². The van der Waals surface area contributed by atoms with Crippen molar-refractivity contribution < 1.29 is 4.79 Å². The molecule has 1 aromatic rings. The second kappa shape index (κ2) is 8.62. The zero-order valence-corrected chi connectivity index (χ0v) is 13.9. The van der Waals surface area contributed by atoms with Gasteiger partial charge in [0.15, 0.2) is 0 Å². The Labute approximate surface area is 138 Å². The molecule has 21 heavy (non-hydrogen) atoms. The molecule has 1 aliphatic rings. The highest BCUT2D eigenvalue weighted by molar-refractivity contribution is 6.30. The molecule has 1 aliphatic carbocycles. The molecule has 1 fully saturated rings. The average Bonchev–Trinajstić information content (AvgIpc) is 2.45. The van der Waals surface area contributed by atoms with Crippen molar-refractivity contribution in [3.8, 4) is 0 Å². The van der Waals surface area contributed by atoms with E-state index in [-0.39, 0.29) is 36.3 Å². The van der Waals surface area contributed by atoms with E-state index in [1.165, 1.54) is 0 Å². The molecule has 3 nitrogen and oxygen atoms in total. The molecule has 3 N–H and O–H groups in total. The molecule has 0 saturated heterocycles. The number of nitrogens with two attached hydrogens (primary N) is 1. The van der Waals surface area contributed by atoms with Crippen LogP contribution in [-0.4, -0.2) is 11.9 Å². The van der Waals surface area contributed by atoms with Gasteiger partial charge >= 0.3 is 0 Å². The van der Waals surface area contributed by atoms with Gasteiger partial charge in [-0.05, 0) is 43.4 Å². The summed E-state index contributed by atoms with van der Waals surface area (Å²) in [5, 5.41) is 3.87. The highest BCUT2D eigenvalue weighted by atomic mass is 35.5. The number of nitrogens with one attached hydrogen (secondary N) is 1. The minimum absolute atomic E-state index is 0. The Balaban J connectivity index is 0.00000220. The van der Waals surface area contributed by atoms with Crippen LogP contribution in [-0.2, 0) is 4.79 Å². The minimum atomic E-state index is 0. The fourth-order valence-corrected chi connectivity index (χ4v) is 3.00. The fraction of sp³-hybridized carbons (Fsp3) is 0.562. The number of halogens is 2. The van der Waals surface area contributed by atoms with Crippen molar-refractivity contribution in [1.82, 2.24) is 5.32 Å². The summed E-state index contributed by atoms with van der Waals surface area (Å²) < 4.78 is 0. The summed E-state index contributed by atoms with van der Waals surface area (Å²) in [6, 6.07) is 7.91. The lowest BCUT2D eigenvalue weighted by molar-refractivity contribution is -0.126. The van der Waals surface area contributed by atoms with Crippen molar-refractivity contribution in [3.63, 3.8) is 0 Å². The molecule has 3 atom stereocenters. The van der Waals surface area contributed by atoms with Crippen molar-refractivity contribution in [2.45, 2.75) is 51.1 Å². The van der Waals surface area contributed by atoms with Crippen LogP contribution in [0.3, 0.4) is 0 Å². The number of amides is 1. The average molecular weight is 331 g/mol. The first-order valence-electron chi connectivity index (χ1n) is 7.41. The molecule has 3 unspecified atom stereocenters. The molecule has 0 heterocycles. The lowest BCUT2D eigenvalue weighted by Gasteiger charge is -2.27. The Morgan fingerprint density at radius 3 is 2.62 bits per heavy atom. The topological polar surface area (TPSA) is 55.1 Å². The summed E-state index contributed by atoms with van der Waals surface area (Å²) in [4.78, 5) is 12.4. The van der Waals surface area contributed by atoms with Crippen molar-refractivity contribution in [2.75, 3.05) is 0 Å². The molecule has 2 rings (SSSR count). The standard InChI is InChI=1S/C16H23ClN2O.ClH/c1-2-15(11-6-8-13(17)9-7-11)19-16(20)12-4-3-5-14(18)10-12;/h6-9,12,14-15H,2-5,10,18H2,1H3,(H,19,20);1H. The zero-order chi connectivity index (χ0) is 14.5. The summed E-state index contributed by atoms with van der Waals surface area (Å²) in [5.41, 5.74) is 7.06. The SMILES string of the molecule is CCC(NC(=O)C1CCCC(N)C1)c1ccc(Cl)cc1.Cl. The van der Waals surface area contributed by atoms with E-state index in [0.29, 0.717) is 5.02 Å². The third kappa shape index (κ3) is 5.17. The second-order valence-corrected chi connectivity index (χ2v) is 6.08. The van der Waals surface area contributed by atoms with E-state index in [1.54, 1.807) is 0 Å². The third-order valence-corrected chi connectivity index (χ3v) is 4.33. The van der Waals surface area contributed by atoms with Crippen LogP contribution in [0.1, 0.15) is 50.6 Å². The minimum Gasteiger partial charge on any atom is -0.349 e. The highest BCUT2D eigenvalue weighted by Gasteiger charge is 2.26. The molecule has 0 radical (unpaired) electrons. The van der Waals surface area contributed by atoms with Gasteiger partial charge in [0.25, 0.3) is 0 Å². The van der Waals surface area contributed by atoms with Crippen LogP contribution in [0.5, 0.6) is 0 Å². The monoisotopic (exact) mass is 330 g/mol. The maximum absolute atomic E-state index is 12.4. The van der Waals surface area contributed by atoms with Gasteiger partial charge in [-0.1, -0.05) is 37.1 Å². The molecule has 0 aliphatic heterocycles. The highest BCUT2D eigenvalue weighted by Crippen LogP contribution is 2.25. The van der Waals surface area contributed by atoms with E-state index >= 15 is 0 Å². The van der Waals surface area contributed by atoms with Crippen molar-refractivity contribution in [2.24, 2.45) is 11.7 Å². The summed E-state index contributed by atoms with van der Waals surface area (Å²) in [6.45, 7) is 2.08.